The topological polar surface area (TPSA) is 144 Å². The van der Waals surface area contributed by atoms with E-state index in [1.165, 1.54) is 23.3 Å². The molecule has 3 aliphatic rings. The van der Waals surface area contributed by atoms with Crippen LogP contribution in [0.5, 0.6) is 11.8 Å². The molecule has 2 fully saturated rings. The number of amides is 1. The Morgan fingerprint density at radius 2 is 2.17 bits per heavy atom. The molecule has 0 bridgehead atoms. The van der Waals surface area contributed by atoms with Crippen LogP contribution >= 0.6 is 0 Å². The first-order valence-electron chi connectivity index (χ1n) is 13.1. The van der Waals surface area contributed by atoms with Crippen LogP contribution in [0.4, 0.5) is 13.2 Å². The number of aliphatic hydroxyl groups is 1. The minimum absolute atomic E-state index is 0.0720. The van der Waals surface area contributed by atoms with Crippen LogP contribution in [0.1, 0.15) is 43.5 Å². The van der Waals surface area contributed by atoms with Crippen LogP contribution in [0.25, 0.3) is 0 Å². The molecule has 0 spiro atoms. The van der Waals surface area contributed by atoms with Crippen molar-refractivity contribution in [1.29, 1.82) is 0 Å². The van der Waals surface area contributed by atoms with E-state index in [4.69, 9.17) is 15.2 Å². The second-order valence-corrected chi connectivity index (χ2v) is 10.3. The smallest absolute Gasteiger partial charge is 0.421 e. The van der Waals surface area contributed by atoms with Gasteiger partial charge in [-0.25, -0.2) is 14.7 Å². The molecule has 0 radical (unpaired) electrons. The summed E-state index contributed by atoms with van der Waals surface area (Å²) in [6, 6.07) is 3.71. The van der Waals surface area contributed by atoms with Gasteiger partial charge in [0.05, 0.1) is 25.8 Å². The van der Waals surface area contributed by atoms with Gasteiger partial charge < -0.3 is 30.1 Å². The largest absolute Gasteiger partial charge is 0.435 e. The van der Waals surface area contributed by atoms with Gasteiger partial charge in [-0.2, -0.15) is 18.3 Å². The zero-order valence-electron chi connectivity index (χ0n) is 22.6. The molecule has 1 amide bonds. The number of allylic oxidation sites excluding steroid dienone is 1. The lowest BCUT2D eigenvalue weighted by Crippen LogP contribution is -2.67. The van der Waals surface area contributed by atoms with E-state index < -0.39 is 24.0 Å². The number of nitrogens with zero attached hydrogens (tertiary/aromatic N) is 7. The highest BCUT2D eigenvalue weighted by Crippen LogP contribution is 2.35. The standard InChI is InChI=1S/C26H31F3N8O4/c1-25(14-38)24(39)36-8-3-4-18(30)22(36)23(35(25)2)33-15-31-11-16-5-6-20(32-12-16)41-21-10-19(26(27,28)29)34-37(21)17-7-9-40-13-17/h5-6,10,12,15,17,38H,3-4,7-9,11,13-14,30H2,1-2H3/t17?,25-/m0/s1. The van der Waals surface area contributed by atoms with Gasteiger partial charge in [-0.1, -0.05) is 6.07 Å². The molecule has 15 heteroatoms. The van der Waals surface area contributed by atoms with Gasteiger partial charge in [-0.3, -0.25) is 9.79 Å². The lowest BCUT2D eigenvalue weighted by atomic mass is 9.92. The number of amidine groups is 1. The Morgan fingerprint density at radius 3 is 2.83 bits per heavy atom. The minimum Gasteiger partial charge on any atom is -0.421 e. The van der Waals surface area contributed by atoms with E-state index in [1.807, 2.05) is 0 Å². The number of pyridine rings is 1. The van der Waals surface area contributed by atoms with Crippen LogP contribution in [-0.2, 0) is 22.3 Å². The van der Waals surface area contributed by atoms with Gasteiger partial charge in [0, 0.05) is 44.2 Å². The van der Waals surface area contributed by atoms with E-state index >= 15 is 0 Å². The molecule has 3 N–H and O–H groups in total. The highest BCUT2D eigenvalue weighted by molar-refractivity contribution is 6.11. The first kappa shape index (κ1) is 28.5. The molecule has 0 aromatic carbocycles. The molecule has 0 aliphatic carbocycles. The molecule has 2 atom stereocenters. The molecule has 3 aliphatic heterocycles. The van der Waals surface area contributed by atoms with Crippen molar-refractivity contribution in [2.24, 2.45) is 15.7 Å². The third-order valence-corrected chi connectivity index (χ3v) is 7.47. The van der Waals surface area contributed by atoms with Crippen LogP contribution in [0.2, 0.25) is 0 Å². The number of aromatic nitrogens is 3. The number of ether oxygens (including phenoxy) is 2. The number of nitrogens with two attached hydrogens (primary N) is 1. The van der Waals surface area contributed by atoms with Crippen LogP contribution in [-0.4, -0.2) is 86.7 Å². The summed E-state index contributed by atoms with van der Waals surface area (Å²) in [5.74, 6) is 0.228. The number of carbonyl (C=O) groups is 1. The van der Waals surface area contributed by atoms with Crippen molar-refractivity contribution in [3.05, 3.63) is 47.0 Å². The molecule has 0 saturated carbocycles. The summed E-state index contributed by atoms with van der Waals surface area (Å²) < 4.78 is 52.0. The van der Waals surface area contributed by atoms with Gasteiger partial charge in [0.25, 0.3) is 5.91 Å². The van der Waals surface area contributed by atoms with Gasteiger partial charge in [0.2, 0.25) is 11.8 Å². The summed E-state index contributed by atoms with van der Waals surface area (Å²) in [6.45, 7) is 2.63. The Hall–Kier alpha value is -3.98. The number of aliphatic hydroxyl groups excluding tert-OH is 1. The third-order valence-electron chi connectivity index (χ3n) is 7.47. The molecule has 12 nitrogen and oxygen atoms in total. The van der Waals surface area contributed by atoms with Gasteiger partial charge in [0.1, 0.15) is 17.6 Å². The minimum atomic E-state index is -4.61. The van der Waals surface area contributed by atoms with Crippen molar-refractivity contribution in [3.63, 3.8) is 0 Å². The van der Waals surface area contributed by atoms with E-state index in [9.17, 15) is 23.1 Å². The van der Waals surface area contributed by atoms with Crippen molar-refractivity contribution < 1.29 is 32.5 Å². The van der Waals surface area contributed by atoms with Gasteiger partial charge in [0.15, 0.2) is 11.5 Å². The molecule has 1 unspecified atom stereocenters. The number of alkyl halides is 3. The van der Waals surface area contributed by atoms with Crippen molar-refractivity contribution >= 4 is 18.1 Å². The zero-order chi connectivity index (χ0) is 29.4. The second-order valence-electron chi connectivity index (χ2n) is 10.3. The molecule has 5 heterocycles. The SMILES string of the molecule is CN1C(=NC=NCc2ccc(Oc3cc(C(F)(F)F)nn3C3CCOC3)nc2)C2=C(N)CCCN2C(=O)[C@]1(C)CO. The zero-order valence-corrected chi connectivity index (χ0v) is 22.6. The Bertz CT molecular complexity index is 1380. The maximum Gasteiger partial charge on any atom is 0.435 e. The Morgan fingerprint density at radius 1 is 1.37 bits per heavy atom. The average molecular weight is 577 g/mol. The summed E-state index contributed by atoms with van der Waals surface area (Å²) in [6.07, 6.45) is 0.126. The van der Waals surface area contributed by atoms with E-state index in [1.54, 1.807) is 29.8 Å². The molecule has 2 aromatic rings. The van der Waals surface area contributed by atoms with Crippen molar-refractivity contribution in [2.45, 2.75) is 50.5 Å². The summed E-state index contributed by atoms with van der Waals surface area (Å²) in [5.41, 5.74) is 5.80. The number of hydrogen-bond donors (Lipinski definition) is 2. The number of likely N-dealkylation sites (N-methyl/N-ethyl adjacent to an activating group) is 1. The number of carbonyl (C=O) groups excluding carboxylic acids is 1. The maximum absolute atomic E-state index is 13.3. The Kier molecular flexibility index (Phi) is 7.74. The molecule has 220 valence electrons. The first-order chi connectivity index (χ1) is 19.5. The second kappa shape index (κ2) is 11.1. The van der Waals surface area contributed by atoms with Crippen molar-refractivity contribution in [3.8, 4) is 11.8 Å². The van der Waals surface area contributed by atoms with Crippen molar-refractivity contribution in [1.82, 2.24) is 24.6 Å². The van der Waals surface area contributed by atoms with E-state index in [0.717, 1.165) is 12.5 Å². The summed E-state index contributed by atoms with van der Waals surface area (Å²) in [5, 5.41) is 13.7. The lowest BCUT2D eigenvalue weighted by molar-refractivity contribution is -0.143. The van der Waals surface area contributed by atoms with Crippen LogP contribution in [0.3, 0.4) is 0 Å². The lowest BCUT2D eigenvalue weighted by Gasteiger charge is -2.49. The predicted molar refractivity (Wildman–Crippen MR) is 141 cm³/mol. The van der Waals surface area contributed by atoms with E-state index in [2.05, 4.69) is 20.1 Å². The molecular weight excluding hydrogens is 545 g/mol. The fraction of sp³-hybridized carbons (Fsp3) is 0.500. The fourth-order valence-electron chi connectivity index (χ4n) is 4.93. The van der Waals surface area contributed by atoms with Crippen LogP contribution in [0, 0.1) is 0 Å². The Labute approximate surface area is 234 Å². The van der Waals surface area contributed by atoms with E-state index in [-0.39, 0.29) is 36.9 Å². The highest BCUT2D eigenvalue weighted by Gasteiger charge is 2.49. The quantitative estimate of drug-likeness (QED) is 0.378. The van der Waals surface area contributed by atoms with E-state index in [0.29, 0.717) is 48.8 Å². The number of rotatable bonds is 7. The predicted octanol–water partition coefficient (Wildman–Crippen LogP) is 2.47. The molecule has 41 heavy (non-hydrogen) atoms. The van der Waals surface area contributed by atoms with Crippen LogP contribution in [0.15, 0.2) is 45.8 Å². The van der Waals surface area contributed by atoms with Gasteiger partial charge >= 0.3 is 6.18 Å². The van der Waals surface area contributed by atoms with Crippen molar-refractivity contribution in [2.75, 3.05) is 33.4 Å². The van der Waals surface area contributed by atoms with Gasteiger partial charge in [-0.15, -0.1) is 0 Å². The number of aliphatic imine (C=N–C) groups is 2. The summed E-state index contributed by atoms with van der Waals surface area (Å²) in [4.78, 5) is 29.3. The summed E-state index contributed by atoms with van der Waals surface area (Å²) in [7, 11) is 1.68. The Balaban J connectivity index is 1.29. The maximum atomic E-state index is 13.3. The average Bonchev–Trinajstić information content (AvgIpc) is 3.63. The number of hydrogen-bond acceptors (Lipinski definition) is 8. The molecule has 2 aromatic heterocycles. The fourth-order valence-corrected chi connectivity index (χ4v) is 4.93. The molecule has 5 rings (SSSR count). The van der Waals surface area contributed by atoms with Gasteiger partial charge in [-0.05, 0) is 31.7 Å². The molecule has 2 saturated heterocycles. The number of halogens is 3. The molecular formula is C26H31F3N8O4. The summed E-state index contributed by atoms with van der Waals surface area (Å²) >= 11 is 0. The normalized spacial score (nSPS) is 24.6. The first-order valence-corrected chi connectivity index (χ1v) is 13.1. The monoisotopic (exact) mass is 576 g/mol. The highest BCUT2D eigenvalue weighted by atomic mass is 19.4. The van der Waals surface area contributed by atoms with Crippen LogP contribution < -0.4 is 10.5 Å². The third kappa shape index (κ3) is 5.51. The number of fused-ring (bicyclic) bond motifs is 1. The number of piperazine rings is 1.